The molecule has 1 rings (SSSR count). The second-order valence-electron chi connectivity index (χ2n) is 2.11. The topological polar surface area (TPSA) is 43.1 Å². The summed E-state index contributed by atoms with van der Waals surface area (Å²) in [5.41, 5.74) is 4.79. The van der Waals surface area contributed by atoms with Crippen LogP contribution in [-0.2, 0) is 0 Å². The molecule has 0 heterocycles. The van der Waals surface area contributed by atoms with Crippen molar-refractivity contribution in [3.8, 4) is 0 Å². The number of benzene rings is 1. The van der Waals surface area contributed by atoms with E-state index in [0.717, 1.165) is 12.1 Å². The molecule has 0 unspecified atom stereocenters. The van der Waals surface area contributed by atoms with Crippen LogP contribution in [0.1, 0.15) is 10.4 Å². The van der Waals surface area contributed by atoms with Crippen LogP contribution in [0.3, 0.4) is 0 Å². The molecule has 64 valence electrons. The Morgan fingerprint density at radius 3 is 2.50 bits per heavy atom. The maximum absolute atomic E-state index is 12.6. The van der Waals surface area contributed by atoms with E-state index >= 15 is 0 Å². The van der Waals surface area contributed by atoms with Crippen molar-refractivity contribution in [1.82, 2.24) is 0 Å². The van der Waals surface area contributed by atoms with Crippen molar-refractivity contribution in [3.63, 3.8) is 0 Å². The van der Waals surface area contributed by atoms with Crippen molar-refractivity contribution >= 4 is 29.1 Å². The molecular formula is C7H4Cl2FNO. The zero-order valence-electron chi connectivity index (χ0n) is 5.77. The van der Waals surface area contributed by atoms with Crippen LogP contribution in [0.2, 0.25) is 10.0 Å². The Hall–Kier alpha value is -0.800. The summed E-state index contributed by atoms with van der Waals surface area (Å²) < 4.78 is 12.6. The molecule has 0 fully saturated rings. The Kier molecular flexibility index (Phi) is 2.55. The van der Waals surface area contributed by atoms with Gasteiger partial charge in [0.1, 0.15) is 5.82 Å². The molecule has 0 saturated carbocycles. The Labute approximate surface area is 78.1 Å². The zero-order chi connectivity index (χ0) is 9.30. The molecule has 0 saturated heterocycles. The van der Waals surface area contributed by atoms with Crippen LogP contribution in [0, 0.1) is 5.82 Å². The molecule has 0 radical (unpaired) electrons. The van der Waals surface area contributed by atoms with Gasteiger partial charge in [-0.1, -0.05) is 23.2 Å². The van der Waals surface area contributed by atoms with E-state index in [9.17, 15) is 9.18 Å². The predicted molar refractivity (Wildman–Crippen MR) is 44.9 cm³/mol. The highest BCUT2D eigenvalue weighted by molar-refractivity contribution is 6.43. The SMILES string of the molecule is NC(=O)c1cc(F)cc(Cl)c1Cl. The Bertz CT molecular complexity index is 340. The number of primary amides is 1. The zero-order valence-corrected chi connectivity index (χ0v) is 7.29. The number of carbonyl (C=O) groups is 1. The number of nitrogens with two attached hydrogens (primary N) is 1. The summed E-state index contributed by atoms with van der Waals surface area (Å²) >= 11 is 11.0. The fourth-order valence-electron chi connectivity index (χ4n) is 0.735. The summed E-state index contributed by atoms with van der Waals surface area (Å²) in [5, 5.41) is -0.0453. The van der Waals surface area contributed by atoms with Crippen LogP contribution in [0.5, 0.6) is 0 Å². The molecule has 0 aliphatic carbocycles. The van der Waals surface area contributed by atoms with Gasteiger partial charge in [-0.15, -0.1) is 0 Å². The van der Waals surface area contributed by atoms with E-state index in [4.69, 9.17) is 28.9 Å². The second kappa shape index (κ2) is 3.29. The van der Waals surface area contributed by atoms with E-state index < -0.39 is 11.7 Å². The summed E-state index contributed by atoms with van der Waals surface area (Å²) in [6.07, 6.45) is 0. The first-order chi connectivity index (χ1) is 5.52. The lowest BCUT2D eigenvalue weighted by atomic mass is 10.2. The molecule has 0 aliphatic rings. The smallest absolute Gasteiger partial charge is 0.250 e. The molecule has 0 atom stereocenters. The van der Waals surface area contributed by atoms with Gasteiger partial charge in [-0.2, -0.15) is 0 Å². The molecule has 0 aliphatic heterocycles. The summed E-state index contributed by atoms with van der Waals surface area (Å²) in [7, 11) is 0. The molecule has 1 aromatic carbocycles. The first-order valence-electron chi connectivity index (χ1n) is 2.96. The number of carbonyl (C=O) groups excluding carboxylic acids is 1. The van der Waals surface area contributed by atoms with Gasteiger partial charge in [-0.3, -0.25) is 4.79 Å². The molecule has 0 bridgehead atoms. The fraction of sp³-hybridized carbons (Fsp3) is 0. The molecule has 12 heavy (non-hydrogen) atoms. The van der Waals surface area contributed by atoms with Gasteiger partial charge in [0.05, 0.1) is 15.6 Å². The Balaban J connectivity index is 3.37. The van der Waals surface area contributed by atoms with Crippen molar-refractivity contribution in [3.05, 3.63) is 33.6 Å². The van der Waals surface area contributed by atoms with Crippen LogP contribution in [0.15, 0.2) is 12.1 Å². The van der Waals surface area contributed by atoms with E-state index in [2.05, 4.69) is 0 Å². The summed E-state index contributed by atoms with van der Waals surface area (Å²) in [4.78, 5) is 10.6. The van der Waals surface area contributed by atoms with Crippen molar-refractivity contribution in [2.45, 2.75) is 0 Å². The van der Waals surface area contributed by atoms with Crippen molar-refractivity contribution in [2.75, 3.05) is 0 Å². The van der Waals surface area contributed by atoms with Gasteiger partial charge in [0.2, 0.25) is 5.91 Å². The van der Waals surface area contributed by atoms with Crippen LogP contribution in [-0.4, -0.2) is 5.91 Å². The minimum atomic E-state index is -0.804. The van der Waals surface area contributed by atoms with E-state index in [1.54, 1.807) is 0 Å². The standard InChI is InChI=1S/C7H4Cl2FNO/c8-5-2-3(10)1-4(6(5)9)7(11)12/h1-2H,(H2,11,12). The monoisotopic (exact) mass is 207 g/mol. The highest BCUT2D eigenvalue weighted by Gasteiger charge is 2.11. The minimum Gasteiger partial charge on any atom is -0.366 e. The van der Waals surface area contributed by atoms with Crippen LogP contribution >= 0.6 is 23.2 Å². The third-order valence-electron chi connectivity index (χ3n) is 1.26. The van der Waals surface area contributed by atoms with Crippen molar-refractivity contribution in [1.29, 1.82) is 0 Å². The first kappa shape index (κ1) is 9.29. The minimum absolute atomic E-state index is 0.0226. The van der Waals surface area contributed by atoms with E-state index in [0.29, 0.717) is 0 Å². The lowest BCUT2D eigenvalue weighted by molar-refractivity contribution is 0.1000. The molecule has 0 spiro atoms. The van der Waals surface area contributed by atoms with Gasteiger partial charge >= 0.3 is 0 Å². The van der Waals surface area contributed by atoms with Gasteiger partial charge in [0.15, 0.2) is 0 Å². The summed E-state index contributed by atoms with van der Waals surface area (Å²) in [5.74, 6) is -1.44. The fourth-order valence-corrected chi connectivity index (χ4v) is 1.14. The lowest BCUT2D eigenvalue weighted by Crippen LogP contribution is -2.12. The predicted octanol–water partition coefficient (Wildman–Crippen LogP) is 2.23. The molecule has 1 amide bonds. The quantitative estimate of drug-likeness (QED) is 0.706. The lowest BCUT2D eigenvalue weighted by Gasteiger charge is -2.01. The normalized spacial score (nSPS) is 9.92. The van der Waals surface area contributed by atoms with Gasteiger partial charge < -0.3 is 5.73 Å². The second-order valence-corrected chi connectivity index (χ2v) is 2.90. The summed E-state index contributed by atoms with van der Waals surface area (Å²) in [6, 6.07) is 1.95. The van der Waals surface area contributed by atoms with E-state index in [-0.39, 0.29) is 15.6 Å². The molecular weight excluding hydrogens is 204 g/mol. The molecule has 1 aromatic rings. The summed E-state index contributed by atoms with van der Waals surface area (Å²) in [6.45, 7) is 0. The third kappa shape index (κ3) is 1.68. The van der Waals surface area contributed by atoms with Gasteiger partial charge in [-0.05, 0) is 12.1 Å². The van der Waals surface area contributed by atoms with Gasteiger partial charge in [-0.25, -0.2) is 4.39 Å². The highest BCUT2D eigenvalue weighted by Crippen LogP contribution is 2.26. The van der Waals surface area contributed by atoms with E-state index in [1.165, 1.54) is 0 Å². The molecule has 2 nitrogen and oxygen atoms in total. The van der Waals surface area contributed by atoms with Crippen LogP contribution in [0.25, 0.3) is 0 Å². The maximum Gasteiger partial charge on any atom is 0.250 e. The van der Waals surface area contributed by atoms with E-state index in [1.807, 2.05) is 0 Å². The highest BCUT2D eigenvalue weighted by atomic mass is 35.5. The van der Waals surface area contributed by atoms with Crippen LogP contribution in [0.4, 0.5) is 4.39 Å². The Morgan fingerprint density at radius 1 is 1.42 bits per heavy atom. The van der Waals surface area contributed by atoms with Crippen LogP contribution < -0.4 is 5.73 Å². The molecule has 2 N–H and O–H groups in total. The number of hydrogen-bond acceptors (Lipinski definition) is 1. The Morgan fingerprint density at radius 2 is 2.00 bits per heavy atom. The molecule has 0 aromatic heterocycles. The number of rotatable bonds is 1. The average Bonchev–Trinajstić information content (AvgIpc) is 1.96. The average molecular weight is 208 g/mol. The van der Waals surface area contributed by atoms with Crippen molar-refractivity contribution in [2.24, 2.45) is 5.73 Å². The first-order valence-corrected chi connectivity index (χ1v) is 3.72. The maximum atomic E-state index is 12.6. The third-order valence-corrected chi connectivity index (χ3v) is 2.06. The van der Waals surface area contributed by atoms with Crippen molar-refractivity contribution < 1.29 is 9.18 Å². The number of halogens is 3. The van der Waals surface area contributed by atoms with Gasteiger partial charge in [0, 0.05) is 0 Å². The molecule has 5 heteroatoms. The van der Waals surface area contributed by atoms with Gasteiger partial charge in [0.25, 0.3) is 0 Å². The largest absolute Gasteiger partial charge is 0.366 e. The number of hydrogen-bond donors (Lipinski definition) is 1. The number of amides is 1.